The molecule has 0 saturated heterocycles. The summed E-state index contributed by atoms with van der Waals surface area (Å²) in [5.74, 6) is 0. The Bertz CT molecular complexity index is 197. The summed E-state index contributed by atoms with van der Waals surface area (Å²) in [5, 5.41) is 2.94. The molecule has 0 aliphatic carbocycles. The monoisotopic (exact) mass is 216 g/mol. The lowest BCUT2D eigenvalue weighted by atomic mass is 10.1. The van der Waals surface area contributed by atoms with Gasteiger partial charge in [-0.25, -0.2) is 4.79 Å². The number of hydrogen-bond acceptors (Lipinski definition) is 2. The number of nitrogens with zero attached hydrogens (tertiary/aromatic N) is 1. The Kier molecular flexibility index (Phi) is 5.65. The highest BCUT2D eigenvalue weighted by molar-refractivity contribution is 5.75. The van der Waals surface area contributed by atoms with Crippen molar-refractivity contribution in [2.75, 3.05) is 20.3 Å². The lowest BCUT2D eigenvalue weighted by Gasteiger charge is -2.31. The first-order valence-electron chi connectivity index (χ1n) is 5.35. The van der Waals surface area contributed by atoms with E-state index in [2.05, 4.69) is 5.32 Å². The van der Waals surface area contributed by atoms with Gasteiger partial charge in [0.2, 0.25) is 0 Å². The van der Waals surface area contributed by atoms with Crippen LogP contribution in [0.3, 0.4) is 0 Å². The number of methoxy groups -OCH3 is 1. The van der Waals surface area contributed by atoms with Crippen LogP contribution in [0.5, 0.6) is 0 Å². The van der Waals surface area contributed by atoms with Gasteiger partial charge in [0.1, 0.15) is 0 Å². The topological polar surface area (TPSA) is 41.6 Å². The van der Waals surface area contributed by atoms with E-state index >= 15 is 0 Å². The van der Waals surface area contributed by atoms with E-state index in [1.54, 1.807) is 12.0 Å². The Hall–Kier alpha value is -0.770. The summed E-state index contributed by atoms with van der Waals surface area (Å²) in [4.78, 5) is 13.6. The van der Waals surface area contributed by atoms with Gasteiger partial charge in [-0.3, -0.25) is 0 Å². The largest absolute Gasteiger partial charge is 0.383 e. The Morgan fingerprint density at radius 2 is 1.93 bits per heavy atom. The molecule has 0 aromatic heterocycles. The molecule has 0 heterocycles. The number of ether oxygens (including phenoxy) is 1. The third-order valence-corrected chi connectivity index (χ3v) is 1.90. The molecule has 0 radical (unpaired) electrons. The molecule has 0 spiro atoms. The lowest BCUT2D eigenvalue weighted by molar-refractivity contribution is 0.132. The number of amides is 2. The van der Waals surface area contributed by atoms with Gasteiger partial charge in [0, 0.05) is 25.2 Å². The van der Waals surface area contributed by atoms with E-state index in [9.17, 15) is 4.79 Å². The minimum atomic E-state index is -0.197. The second kappa shape index (κ2) is 5.95. The maximum atomic E-state index is 11.9. The molecule has 0 unspecified atom stereocenters. The molecule has 2 amide bonds. The van der Waals surface area contributed by atoms with Gasteiger partial charge in [0.05, 0.1) is 6.61 Å². The Morgan fingerprint density at radius 3 is 2.27 bits per heavy atom. The van der Waals surface area contributed by atoms with Crippen LogP contribution in [0.25, 0.3) is 0 Å². The van der Waals surface area contributed by atoms with Crippen molar-refractivity contribution >= 4 is 6.03 Å². The van der Waals surface area contributed by atoms with Gasteiger partial charge in [-0.1, -0.05) is 0 Å². The first-order chi connectivity index (χ1) is 6.78. The molecule has 0 aromatic carbocycles. The molecule has 4 nitrogen and oxygen atoms in total. The fourth-order valence-electron chi connectivity index (χ4n) is 1.18. The van der Waals surface area contributed by atoms with Crippen LogP contribution in [-0.2, 0) is 4.74 Å². The Labute approximate surface area is 93.0 Å². The minimum Gasteiger partial charge on any atom is -0.383 e. The van der Waals surface area contributed by atoms with E-state index in [1.165, 1.54) is 0 Å². The predicted octanol–water partition coefficient (Wildman–Crippen LogP) is 1.85. The maximum Gasteiger partial charge on any atom is 0.318 e. The quantitative estimate of drug-likeness (QED) is 0.779. The van der Waals surface area contributed by atoms with E-state index in [1.807, 2.05) is 34.6 Å². The average Bonchev–Trinajstić information content (AvgIpc) is 2.00. The lowest BCUT2D eigenvalue weighted by Crippen LogP contribution is -2.51. The van der Waals surface area contributed by atoms with Gasteiger partial charge in [-0.15, -0.1) is 0 Å². The van der Waals surface area contributed by atoms with Crippen LogP contribution in [0.1, 0.15) is 34.6 Å². The van der Waals surface area contributed by atoms with Crippen LogP contribution >= 0.6 is 0 Å². The first-order valence-corrected chi connectivity index (χ1v) is 5.35. The summed E-state index contributed by atoms with van der Waals surface area (Å²) < 4.78 is 4.98. The third kappa shape index (κ3) is 6.33. The minimum absolute atomic E-state index is 0.0328. The zero-order valence-electron chi connectivity index (χ0n) is 10.8. The maximum absolute atomic E-state index is 11.9. The highest BCUT2D eigenvalue weighted by atomic mass is 16.5. The molecular formula is C11H24N2O2. The predicted molar refractivity (Wildman–Crippen MR) is 62.0 cm³/mol. The molecule has 0 aromatic rings. The van der Waals surface area contributed by atoms with Crippen molar-refractivity contribution in [1.82, 2.24) is 10.2 Å². The van der Waals surface area contributed by atoms with Gasteiger partial charge >= 0.3 is 6.03 Å². The molecule has 15 heavy (non-hydrogen) atoms. The van der Waals surface area contributed by atoms with Crippen molar-refractivity contribution in [3.05, 3.63) is 0 Å². The molecule has 0 saturated carbocycles. The van der Waals surface area contributed by atoms with Crippen molar-refractivity contribution in [3.8, 4) is 0 Å². The van der Waals surface area contributed by atoms with Crippen molar-refractivity contribution in [1.29, 1.82) is 0 Å². The normalized spacial score (nSPS) is 11.7. The van der Waals surface area contributed by atoms with E-state index in [0.29, 0.717) is 13.2 Å². The summed E-state index contributed by atoms with van der Waals surface area (Å²) in [6, 6.07) is 0.150. The third-order valence-electron chi connectivity index (χ3n) is 1.90. The molecule has 90 valence electrons. The highest BCUT2D eigenvalue weighted by Crippen LogP contribution is 2.04. The van der Waals surface area contributed by atoms with Gasteiger partial charge in [-0.2, -0.15) is 0 Å². The average molecular weight is 216 g/mol. The van der Waals surface area contributed by atoms with E-state index < -0.39 is 0 Å². The molecule has 0 aliphatic rings. The van der Waals surface area contributed by atoms with Crippen molar-refractivity contribution in [3.63, 3.8) is 0 Å². The zero-order chi connectivity index (χ0) is 12.1. The number of rotatable bonds is 4. The molecule has 0 aliphatic heterocycles. The second-order valence-corrected chi connectivity index (χ2v) is 4.96. The van der Waals surface area contributed by atoms with Gasteiger partial charge in [0.25, 0.3) is 0 Å². The van der Waals surface area contributed by atoms with E-state index in [0.717, 1.165) is 0 Å². The number of carbonyl (C=O) groups excluding carboxylic acids is 1. The smallest absolute Gasteiger partial charge is 0.318 e. The van der Waals surface area contributed by atoms with Crippen molar-refractivity contribution < 1.29 is 9.53 Å². The van der Waals surface area contributed by atoms with E-state index in [4.69, 9.17) is 4.74 Å². The Balaban J connectivity index is 4.29. The van der Waals surface area contributed by atoms with Crippen LogP contribution in [0.4, 0.5) is 4.79 Å². The second-order valence-electron chi connectivity index (χ2n) is 4.96. The fraction of sp³-hybridized carbons (Fsp3) is 0.909. The SMILES string of the molecule is COCCN(C(=O)NC(C)(C)C)C(C)C. The van der Waals surface area contributed by atoms with Crippen LogP contribution < -0.4 is 5.32 Å². The van der Waals surface area contributed by atoms with E-state index in [-0.39, 0.29) is 17.6 Å². The molecule has 1 N–H and O–H groups in total. The summed E-state index contributed by atoms with van der Waals surface area (Å²) in [7, 11) is 1.64. The molecule has 0 rings (SSSR count). The standard InChI is InChI=1S/C11H24N2O2/c1-9(2)13(7-8-15-6)10(14)12-11(3,4)5/h9H,7-8H2,1-6H3,(H,12,14). The summed E-state index contributed by atoms with van der Waals surface area (Å²) in [5.41, 5.74) is -0.197. The fourth-order valence-corrected chi connectivity index (χ4v) is 1.18. The van der Waals surface area contributed by atoms with Crippen molar-refractivity contribution in [2.24, 2.45) is 0 Å². The van der Waals surface area contributed by atoms with Crippen molar-refractivity contribution in [2.45, 2.75) is 46.2 Å². The molecule has 0 fully saturated rings. The molecule has 0 atom stereocenters. The van der Waals surface area contributed by atoms with Crippen LogP contribution in [0.15, 0.2) is 0 Å². The van der Waals surface area contributed by atoms with Gasteiger partial charge < -0.3 is 15.0 Å². The van der Waals surface area contributed by atoms with Gasteiger partial charge in [0.15, 0.2) is 0 Å². The molecular weight excluding hydrogens is 192 g/mol. The number of urea groups is 1. The summed E-state index contributed by atoms with van der Waals surface area (Å²) >= 11 is 0. The van der Waals surface area contributed by atoms with Crippen LogP contribution in [-0.4, -0.2) is 42.8 Å². The summed E-state index contributed by atoms with van der Waals surface area (Å²) in [6.07, 6.45) is 0. The Morgan fingerprint density at radius 1 is 1.40 bits per heavy atom. The number of hydrogen-bond donors (Lipinski definition) is 1. The number of carbonyl (C=O) groups is 1. The molecule has 0 bridgehead atoms. The van der Waals surface area contributed by atoms with Crippen LogP contribution in [0, 0.1) is 0 Å². The van der Waals surface area contributed by atoms with Gasteiger partial charge in [-0.05, 0) is 34.6 Å². The molecule has 4 heteroatoms. The number of nitrogens with one attached hydrogen (secondary N) is 1. The highest BCUT2D eigenvalue weighted by Gasteiger charge is 2.21. The zero-order valence-corrected chi connectivity index (χ0v) is 10.8. The summed E-state index contributed by atoms with van der Waals surface area (Å²) in [6.45, 7) is 11.1. The van der Waals surface area contributed by atoms with Crippen LogP contribution in [0.2, 0.25) is 0 Å². The first kappa shape index (κ1) is 14.2.